The molecule has 0 unspecified atom stereocenters. The van der Waals surface area contributed by atoms with Crippen LogP contribution in [0, 0.1) is 0 Å². The molecule has 0 fully saturated rings. The van der Waals surface area contributed by atoms with E-state index in [1.807, 2.05) is 0 Å². The average Bonchev–Trinajstić information content (AvgIpc) is 2.27. The third-order valence-electron chi connectivity index (χ3n) is 2.46. The number of aliphatic hydroxyl groups excluding tert-OH is 1. The number of aliphatic hydroxyl groups is 1. The van der Waals surface area contributed by atoms with Crippen LogP contribution >= 0.6 is 0 Å². The molecule has 0 heterocycles. The molecule has 0 aliphatic heterocycles. The van der Waals surface area contributed by atoms with Gasteiger partial charge in [0.05, 0.1) is 18.7 Å². The summed E-state index contributed by atoms with van der Waals surface area (Å²) in [6, 6.07) is 5.87. The third kappa shape index (κ3) is 5.27. The van der Waals surface area contributed by atoms with Crippen LogP contribution in [0.3, 0.4) is 0 Å². The van der Waals surface area contributed by atoms with E-state index in [1.54, 1.807) is 6.07 Å². The maximum atomic E-state index is 12.4. The fraction of sp³-hybridized carbons (Fsp3) is 0.417. The summed E-state index contributed by atoms with van der Waals surface area (Å²) >= 11 is 0. The number of aromatic carboxylic acids is 1. The number of halogens is 3. The molecule has 7 heteroatoms. The van der Waals surface area contributed by atoms with Crippen molar-refractivity contribution in [2.45, 2.75) is 12.7 Å². The molecule has 0 aromatic heterocycles. The second-order valence-electron chi connectivity index (χ2n) is 4.01. The minimum atomic E-state index is -4.40. The zero-order chi connectivity index (χ0) is 14.5. The molecule has 19 heavy (non-hydrogen) atoms. The zero-order valence-electron chi connectivity index (χ0n) is 10.0. The highest BCUT2D eigenvalue weighted by Crippen LogP contribution is 2.19. The highest BCUT2D eigenvalue weighted by molar-refractivity contribution is 5.89. The number of alkyl halides is 3. The van der Waals surface area contributed by atoms with E-state index < -0.39 is 25.3 Å². The first-order valence-corrected chi connectivity index (χ1v) is 5.54. The summed E-state index contributed by atoms with van der Waals surface area (Å²) in [6.45, 7) is -1.97. The Labute approximate surface area is 108 Å². The molecule has 1 rings (SSSR count). The van der Waals surface area contributed by atoms with Crippen LogP contribution in [0.15, 0.2) is 24.3 Å². The summed E-state index contributed by atoms with van der Waals surface area (Å²) in [6.07, 6.45) is -4.40. The highest BCUT2D eigenvalue weighted by Gasteiger charge is 2.30. The van der Waals surface area contributed by atoms with Gasteiger partial charge in [0.15, 0.2) is 0 Å². The van der Waals surface area contributed by atoms with Crippen molar-refractivity contribution in [2.75, 3.05) is 19.7 Å². The Kier molecular flexibility index (Phi) is 5.31. The molecular formula is C12H14F3NO3. The number of carboxylic acids is 1. The molecule has 0 aliphatic carbocycles. The minimum absolute atomic E-state index is 0.0346. The molecule has 0 aliphatic rings. The van der Waals surface area contributed by atoms with Gasteiger partial charge in [0.1, 0.15) is 0 Å². The number of benzene rings is 1. The molecule has 0 atom stereocenters. The fourth-order valence-electron chi connectivity index (χ4n) is 1.72. The predicted octanol–water partition coefficient (Wildman–Crippen LogP) is 1.74. The Morgan fingerprint density at radius 1 is 1.26 bits per heavy atom. The largest absolute Gasteiger partial charge is 0.478 e. The maximum Gasteiger partial charge on any atom is 0.401 e. The molecule has 0 bridgehead atoms. The van der Waals surface area contributed by atoms with Crippen molar-refractivity contribution in [2.24, 2.45) is 0 Å². The van der Waals surface area contributed by atoms with E-state index in [-0.39, 0.29) is 24.2 Å². The van der Waals surface area contributed by atoms with Crippen molar-refractivity contribution in [3.05, 3.63) is 35.4 Å². The summed E-state index contributed by atoms with van der Waals surface area (Å²) in [4.78, 5) is 11.9. The smallest absolute Gasteiger partial charge is 0.401 e. The molecule has 1 aromatic carbocycles. The van der Waals surface area contributed by atoms with E-state index in [2.05, 4.69) is 0 Å². The summed E-state index contributed by atoms with van der Waals surface area (Å²) in [7, 11) is 0. The molecular weight excluding hydrogens is 263 g/mol. The number of rotatable bonds is 6. The van der Waals surface area contributed by atoms with Gasteiger partial charge < -0.3 is 10.2 Å². The number of carbonyl (C=O) groups is 1. The molecule has 0 radical (unpaired) electrons. The van der Waals surface area contributed by atoms with Gasteiger partial charge in [0.2, 0.25) is 0 Å². The standard InChI is InChI=1S/C12H14F3NO3/c13-12(14,15)8-16(5-6-17)7-9-3-1-2-4-10(9)11(18)19/h1-4,17H,5-8H2,(H,18,19). The summed E-state index contributed by atoms with van der Waals surface area (Å²) < 4.78 is 37.1. The Bertz CT molecular complexity index is 434. The molecule has 0 amide bonds. The second-order valence-corrected chi connectivity index (χ2v) is 4.01. The first-order chi connectivity index (χ1) is 8.83. The Morgan fingerprint density at radius 2 is 1.89 bits per heavy atom. The zero-order valence-corrected chi connectivity index (χ0v) is 10.0. The molecule has 2 N–H and O–H groups in total. The van der Waals surface area contributed by atoms with Crippen LogP contribution in [0.25, 0.3) is 0 Å². The molecule has 0 saturated carbocycles. The Balaban J connectivity index is 2.87. The Hall–Kier alpha value is -1.60. The van der Waals surface area contributed by atoms with Gasteiger partial charge in [-0.1, -0.05) is 18.2 Å². The van der Waals surface area contributed by atoms with Gasteiger partial charge in [-0.25, -0.2) is 4.79 Å². The van der Waals surface area contributed by atoms with Crippen molar-refractivity contribution in [3.8, 4) is 0 Å². The monoisotopic (exact) mass is 277 g/mol. The van der Waals surface area contributed by atoms with Crippen LogP contribution in [0.2, 0.25) is 0 Å². The van der Waals surface area contributed by atoms with Gasteiger partial charge in [-0.15, -0.1) is 0 Å². The quantitative estimate of drug-likeness (QED) is 0.831. The molecule has 4 nitrogen and oxygen atoms in total. The van der Waals surface area contributed by atoms with E-state index in [0.29, 0.717) is 0 Å². The number of carboxylic acid groups (broad SMARTS) is 1. The van der Waals surface area contributed by atoms with E-state index in [1.165, 1.54) is 18.2 Å². The summed E-state index contributed by atoms with van der Waals surface area (Å²) in [5.41, 5.74) is 0.250. The van der Waals surface area contributed by atoms with Crippen LogP contribution in [0.4, 0.5) is 13.2 Å². The van der Waals surface area contributed by atoms with Crippen LogP contribution < -0.4 is 0 Å². The minimum Gasteiger partial charge on any atom is -0.478 e. The molecule has 0 saturated heterocycles. The van der Waals surface area contributed by atoms with Gasteiger partial charge in [0.25, 0.3) is 0 Å². The molecule has 0 spiro atoms. The van der Waals surface area contributed by atoms with Crippen LogP contribution in [-0.2, 0) is 6.54 Å². The van der Waals surface area contributed by atoms with E-state index in [4.69, 9.17) is 10.2 Å². The van der Waals surface area contributed by atoms with Crippen molar-refractivity contribution < 1.29 is 28.2 Å². The van der Waals surface area contributed by atoms with E-state index in [9.17, 15) is 18.0 Å². The lowest BCUT2D eigenvalue weighted by Crippen LogP contribution is -2.36. The fourth-order valence-corrected chi connectivity index (χ4v) is 1.72. The van der Waals surface area contributed by atoms with Gasteiger partial charge >= 0.3 is 12.1 Å². The summed E-state index contributed by atoms with van der Waals surface area (Å²) in [5.74, 6) is -1.19. The lowest BCUT2D eigenvalue weighted by molar-refractivity contribution is -0.147. The van der Waals surface area contributed by atoms with Gasteiger partial charge in [-0.3, -0.25) is 4.90 Å². The van der Waals surface area contributed by atoms with E-state index >= 15 is 0 Å². The van der Waals surface area contributed by atoms with Gasteiger partial charge in [0, 0.05) is 13.1 Å². The molecule has 1 aromatic rings. The lowest BCUT2D eigenvalue weighted by atomic mass is 10.1. The van der Waals surface area contributed by atoms with Crippen molar-refractivity contribution in [1.29, 1.82) is 0 Å². The summed E-state index contributed by atoms with van der Waals surface area (Å²) in [5, 5.41) is 17.7. The van der Waals surface area contributed by atoms with Crippen LogP contribution in [0.5, 0.6) is 0 Å². The number of hydrogen-bond acceptors (Lipinski definition) is 3. The maximum absolute atomic E-state index is 12.4. The lowest BCUT2D eigenvalue weighted by Gasteiger charge is -2.23. The second kappa shape index (κ2) is 6.53. The third-order valence-corrected chi connectivity index (χ3v) is 2.46. The van der Waals surface area contributed by atoms with Crippen LogP contribution in [0.1, 0.15) is 15.9 Å². The highest BCUT2D eigenvalue weighted by atomic mass is 19.4. The van der Waals surface area contributed by atoms with Gasteiger partial charge in [-0.2, -0.15) is 13.2 Å². The first-order valence-electron chi connectivity index (χ1n) is 5.54. The average molecular weight is 277 g/mol. The van der Waals surface area contributed by atoms with Gasteiger partial charge in [-0.05, 0) is 11.6 Å². The van der Waals surface area contributed by atoms with Crippen LogP contribution in [-0.4, -0.2) is 47.0 Å². The Morgan fingerprint density at radius 3 is 2.42 bits per heavy atom. The number of nitrogens with zero attached hydrogens (tertiary/aromatic N) is 1. The SMILES string of the molecule is O=C(O)c1ccccc1CN(CCO)CC(F)(F)F. The van der Waals surface area contributed by atoms with Crippen molar-refractivity contribution in [3.63, 3.8) is 0 Å². The van der Waals surface area contributed by atoms with E-state index in [0.717, 1.165) is 4.90 Å². The predicted molar refractivity (Wildman–Crippen MR) is 61.8 cm³/mol. The molecule has 106 valence electrons. The topological polar surface area (TPSA) is 60.8 Å². The number of hydrogen-bond donors (Lipinski definition) is 2. The van der Waals surface area contributed by atoms with Crippen molar-refractivity contribution >= 4 is 5.97 Å². The first kappa shape index (κ1) is 15.5. The van der Waals surface area contributed by atoms with Crippen molar-refractivity contribution in [1.82, 2.24) is 4.90 Å². The normalized spacial score (nSPS) is 11.8.